The van der Waals surface area contributed by atoms with Gasteiger partial charge in [-0.15, -0.1) is 12.4 Å². The van der Waals surface area contributed by atoms with Gasteiger partial charge in [0.15, 0.2) is 0 Å². The molecule has 0 aliphatic carbocycles. The van der Waals surface area contributed by atoms with Crippen molar-refractivity contribution in [3.63, 3.8) is 0 Å². The van der Waals surface area contributed by atoms with E-state index in [9.17, 15) is 4.79 Å². The molecule has 0 unspecified atom stereocenters. The van der Waals surface area contributed by atoms with Crippen molar-refractivity contribution >= 4 is 41.6 Å². The molecule has 1 N–H and O–H groups in total. The fourth-order valence-electron chi connectivity index (χ4n) is 3.77. The Hall–Kier alpha value is -2.15. The fraction of sp³-hybridized carbons (Fsp3) is 0.174. The predicted molar refractivity (Wildman–Crippen MR) is 120 cm³/mol. The number of benzene rings is 3. The van der Waals surface area contributed by atoms with Crippen molar-refractivity contribution in [3.8, 4) is 0 Å². The number of rotatable bonds is 8. The topological polar surface area (TPSA) is 37.3 Å². The van der Waals surface area contributed by atoms with Gasteiger partial charge in [-0.25, -0.2) is 0 Å². The summed E-state index contributed by atoms with van der Waals surface area (Å²) in [6, 6.07) is 32.3. The monoisotopic (exact) mass is 400 g/mol. The van der Waals surface area contributed by atoms with Gasteiger partial charge in [-0.05, 0) is 0 Å². The summed E-state index contributed by atoms with van der Waals surface area (Å²) in [4.78, 5) is 10.9. The van der Waals surface area contributed by atoms with Crippen LogP contribution in [0.1, 0.15) is 19.3 Å². The number of carbonyl (C=O) groups is 1. The van der Waals surface area contributed by atoms with Crippen LogP contribution in [0.4, 0.5) is 0 Å². The van der Waals surface area contributed by atoms with Crippen LogP contribution in [-0.4, -0.2) is 17.2 Å². The summed E-state index contributed by atoms with van der Waals surface area (Å²) in [6.07, 6.45) is 2.88. The molecule has 4 heteroatoms. The molecule has 2 nitrogen and oxygen atoms in total. The summed E-state index contributed by atoms with van der Waals surface area (Å²) in [6.45, 7) is 0. The number of carboxylic acids is 1. The maximum atomic E-state index is 10.9. The summed E-state index contributed by atoms with van der Waals surface area (Å²) in [5, 5.41) is 13.2. The van der Waals surface area contributed by atoms with Crippen LogP contribution in [0.2, 0.25) is 0 Å². The number of unbranched alkanes of at least 4 members (excludes halogenated alkanes) is 1. The van der Waals surface area contributed by atoms with Crippen molar-refractivity contribution in [2.24, 2.45) is 0 Å². The quantitative estimate of drug-likeness (QED) is 0.450. The Bertz CT molecular complexity index is 726. The first-order valence-corrected chi connectivity index (χ1v) is 11.3. The minimum atomic E-state index is -2.19. The zero-order valence-corrected chi connectivity index (χ0v) is 17.1. The third kappa shape index (κ3) is 4.97. The molecule has 142 valence electrons. The third-order valence-corrected chi connectivity index (χ3v) is 10.1. The van der Waals surface area contributed by atoms with Gasteiger partial charge in [0.1, 0.15) is 0 Å². The van der Waals surface area contributed by atoms with Crippen molar-refractivity contribution in [3.05, 3.63) is 91.0 Å². The molecular formula is C23H26ClO2P. The number of halogens is 1. The van der Waals surface area contributed by atoms with Crippen molar-refractivity contribution in [1.29, 1.82) is 0 Å². The number of hydrogen-bond donors (Lipinski definition) is 1. The zero-order valence-electron chi connectivity index (χ0n) is 15.3. The first kappa shape index (κ1) is 21.2. The average molecular weight is 401 g/mol. The van der Waals surface area contributed by atoms with Gasteiger partial charge in [0.25, 0.3) is 0 Å². The normalized spacial score (nSPS) is 11.4. The Morgan fingerprint density at radius 2 is 1.04 bits per heavy atom. The standard InChI is InChI=1S/C23H25O2P.ClH/c24-23(25)18-10-11-19-26(20-12-4-1-5-13-20,21-14-6-2-7-15-21)22-16-8-3-9-17-22;/h1-9,12-17,26H,10-11,18-19H2,(H,24,25);1H. The Kier molecular flexibility index (Phi) is 8.03. The molecule has 0 spiro atoms. The van der Waals surface area contributed by atoms with Gasteiger partial charge in [-0.2, -0.15) is 0 Å². The van der Waals surface area contributed by atoms with Crippen LogP contribution in [0.3, 0.4) is 0 Å². The molecule has 0 fully saturated rings. The molecule has 0 amide bonds. The second-order valence-corrected chi connectivity index (χ2v) is 10.6. The molecule has 0 aromatic heterocycles. The van der Waals surface area contributed by atoms with Crippen molar-refractivity contribution in [2.45, 2.75) is 19.3 Å². The third-order valence-electron chi connectivity index (χ3n) is 4.99. The first-order valence-electron chi connectivity index (χ1n) is 9.12. The van der Waals surface area contributed by atoms with E-state index >= 15 is 0 Å². The molecule has 3 aromatic rings. The van der Waals surface area contributed by atoms with E-state index in [0.717, 1.165) is 19.0 Å². The van der Waals surface area contributed by atoms with Crippen molar-refractivity contribution in [2.75, 3.05) is 6.16 Å². The molecule has 0 bridgehead atoms. The zero-order chi connectivity index (χ0) is 18.2. The van der Waals surface area contributed by atoms with E-state index in [1.54, 1.807) is 0 Å². The molecule has 0 atom stereocenters. The average Bonchev–Trinajstić information content (AvgIpc) is 2.70. The summed E-state index contributed by atoms with van der Waals surface area (Å²) < 4.78 is 0. The van der Waals surface area contributed by atoms with Gasteiger partial charge < -0.3 is 0 Å². The molecule has 0 aliphatic rings. The van der Waals surface area contributed by atoms with Crippen LogP contribution in [0.5, 0.6) is 0 Å². The Labute approximate surface area is 168 Å². The van der Waals surface area contributed by atoms with Gasteiger partial charge >= 0.3 is 155 Å². The summed E-state index contributed by atoms with van der Waals surface area (Å²) in [5.74, 6) is -0.712. The van der Waals surface area contributed by atoms with E-state index in [2.05, 4.69) is 91.0 Å². The first-order chi connectivity index (χ1) is 12.7. The Morgan fingerprint density at radius 3 is 1.37 bits per heavy atom. The van der Waals surface area contributed by atoms with Crippen LogP contribution < -0.4 is 15.9 Å². The maximum absolute atomic E-state index is 10.9. The van der Waals surface area contributed by atoms with Crippen molar-refractivity contribution in [1.82, 2.24) is 0 Å². The second kappa shape index (κ2) is 10.3. The molecular weight excluding hydrogens is 375 g/mol. The van der Waals surface area contributed by atoms with E-state index in [1.807, 2.05) is 0 Å². The van der Waals surface area contributed by atoms with E-state index in [1.165, 1.54) is 15.9 Å². The van der Waals surface area contributed by atoms with E-state index in [4.69, 9.17) is 5.11 Å². The molecule has 0 saturated carbocycles. The summed E-state index contributed by atoms with van der Waals surface area (Å²) >= 11 is 0. The molecule has 0 radical (unpaired) electrons. The van der Waals surface area contributed by atoms with Crippen LogP contribution in [0, 0.1) is 0 Å². The van der Waals surface area contributed by atoms with Gasteiger partial charge in [0.2, 0.25) is 0 Å². The molecule has 27 heavy (non-hydrogen) atoms. The van der Waals surface area contributed by atoms with Crippen LogP contribution in [0.25, 0.3) is 0 Å². The van der Waals surface area contributed by atoms with Gasteiger partial charge in [0.05, 0.1) is 0 Å². The Balaban J connectivity index is 0.00000261. The predicted octanol–water partition coefficient (Wildman–Crippen LogP) is 4.39. The van der Waals surface area contributed by atoms with Crippen LogP contribution in [-0.2, 0) is 4.79 Å². The summed E-state index contributed by atoms with van der Waals surface area (Å²) in [7, 11) is -2.19. The Morgan fingerprint density at radius 1 is 0.667 bits per heavy atom. The second-order valence-electron chi connectivity index (χ2n) is 6.60. The summed E-state index contributed by atoms with van der Waals surface area (Å²) in [5.41, 5.74) is 0. The molecule has 3 aromatic carbocycles. The van der Waals surface area contributed by atoms with Gasteiger partial charge in [0, 0.05) is 0 Å². The number of carboxylic acid groups (broad SMARTS) is 1. The molecule has 0 aliphatic heterocycles. The van der Waals surface area contributed by atoms with E-state index in [-0.39, 0.29) is 18.8 Å². The number of aliphatic carboxylic acids is 1. The van der Waals surface area contributed by atoms with Gasteiger partial charge in [-0.3, -0.25) is 0 Å². The molecule has 0 saturated heterocycles. The molecule has 0 heterocycles. The van der Waals surface area contributed by atoms with Crippen LogP contribution in [0.15, 0.2) is 91.0 Å². The van der Waals surface area contributed by atoms with E-state index in [0.29, 0.717) is 0 Å². The van der Waals surface area contributed by atoms with Gasteiger partial charge in [-0.1, -0.05) is 0 Å². The van der Waals surface area contributed by atoms with Crippen LogP contribution >= 0.6 is 19.7 Å². The van der Waals surface area contributed by atoms with E-state index < -0.39 is 13.2 Å². The molecule has 3 rings (SSSR count). The number of hydrogen-bond acceptors (Lipinski definition) is 1. The minimum absolute atomic E-state index is 0. The fourth-order valence-corrected chi connectivity index (χ4v) is 8.70. The SMILES string of the molecule is Cl.O=C(O)CCCC[PH](c1ccccc1)(c1ccccc1)c1ccccc1. The van der Waals surface area contributed by atoms with Crippen molar-refractivity contribution < 1.29 is 9.90 Å².